The predicted molar refractivity (Wildman–Crippen MR) is 115 cm³/mol. The van der Waals surface area contributed by atoms with Gasteiger partial charge in [-0.25, -0.2) is 0 Å². The molecular formula is C22H21NO3S2. The number of nitrogens with zero attached hydrogens (tertiary/aromatic N) is 1. The van der Waals surface area contributed by atoms with Crippen molar-refractivity contribution in [1.82, 2.24) is 4.90 Å². The van der Waals surface area contributed by atoms with Crippen molar-refractivity contribution in [2.75, 3.05) is 7.11 Å². The Morgan fingerprint density at radius 2 is 2.00 bits per heavy atom. The minimum Gasteiger partial charge on any atom is -0.497 e. The number of thiocarbonyl (C=S) groups is 1. The first-order valence-corrected chi connectivity index (χ1v) is 10.9. The predicted octanol–water partition coefficient (Wildman–Crippen LogP) is 5.35. The van der Waals surface area contributed by atoms with Crippen molar-refractivity contribution in [3.63, 3.8) is 0 Å². The van der Waals surface area contributed by atoms with Gasteiger partial charge in [-0.05, 0) is 67.5 Å². The molecule has 0 radical (unpaired) electrons. The standard InChI is InChI=1S/C22H21NO3S2/c1-25-16-6-4-14(5-7-16)19-9-8-17(26-19)12-20-21(24)23(22(27)28-20)18-11-13-2-3-15(18)10-13/h4-9,12-13,15,18H,2-3,10-11H2,1H3. The van der Waals surface area contributed by atoms with Crippen molar-refractivity contribution in [3.8, 4) is 17.1 Å². The maximum atomic E-state index is 13.0. The number of ether oxygens (including phenoxy) is 1. The average molecular weight is 412 g/mol. The molecule has 2 bridgehead atoms. The SMILES string of the molecule is COc1ccc(-c2ccc(C=C3SC(=S)N(C4CC5CCC4C5)C3=O)o2)cc1. The van der Waals surface area contributed by atoms with Crippen molar-refractivity contribution < 1.29 is 13.9 Å². The van der Waals surface area contributed by atoms with Crippen LogP contribution in [0.15, 0.2) is 45.7 Å². The lowest BCUT2D eigenvalue weighted by molar-refractivity contribution is -0.124. The fourth-order valence-electron chi connectivity index (χ4n) is 4.76. The maximum absolute atomic E-state index is 13.0. The summed E-state index contributed by atoms with van der Waals surface area (Å²) in [5, 5.41) is 0. The Bertz CT molecular complexity index is 962. The molecular weight excluding hydrogens is 390 g/mol. The van der Waals surface area contributed by atoms with Crippen LogP contribution in [-0.4, -0.2) is 28.3 Å². The van der Waals surface area contributed by atoms with Gasteiger partial charge in [-0.15, -0.1) is 0 Å². The lowest BCUT2D eigenvalue weighted by Crippen LogP contribution is -2.41. The number of hydrogen-bond acceptors (Lipinski definition) is 5. The number of benzene rings is 1. The van der Waals surface area contributed by atoms with Crippen LogP contribution in [0.3, 0.4) is 0 Å². The summed E-state index contributed by atoms with van der Waals surface area (Å²) >= 11 is 6.95. The van der Waals surface area contributed by atoms with E-state index in [0.29, 0.717) is 26.9 Å². The molecule has 3 fully saturated rings. The summed E-state index contributed by atoms with van der Waals surface area (Å²) in [4.78, 5) is 15.6. The molecule has 2 heterocycles. The van der Waals surface area contributed by atoms with E-state index < -0.39 is 0 Å². The molecule has 1 amide bonds. The van der Waals surface area contributed by atoms with Crippen LogP contribution in [0.25, 0.3) is 17.4 Å². The van der Waals surface area contributed by atoms with Crippen molar-refractivity contribution >= 4 is 40.3 Å². The number of hydrogen-bond donors (Lipinski definition) is 0. The number of methoxy groups -OCH3 is 1. The van der Waals surface area contributed by atoms with Gasteiger partial charge in [0.1, 0.15) is 21.6 Å². The average Bonchev–Trinajstić information content (AvgIpc) is 3.48. The quantitative estimate of drug-likeness (QED) is 0.501. The minimum absolute atomic E-state index is 0.0370. The molecule has 28 heavy (non-hydrogen) atoms. The highest BCUT2D eigenvalue weighted by molar-refractivity contribution is 8.26. The molecule has 3 atom stereocenters. The molecule has 2 aliphatic carbocycles. The molecule has 144 valence electrons. The Morgan fingerprint density at radius 1 is 1.18 bits per heavy atom. The third-order valence-corrected chi connectivity index (χ3v) is 7.46. The van der Waals surface area contributed by atoms with Crippen LogP contribution in [0.2, 0.25) is 0 Å². The molecule has 2 aromatic rings. The number of amides is 1. The summed E-state index contributed by atoms with van der Waals surface area (Å²) in [6, 6.07) is 11.8. The molecule has 0 N–H and O–H groups in total. The highest BCUT2D eigenvalue weighted by Crippen LogP contribution is 2.49. The van der Waals surface area contributed by atoms with Gasteiger partial charge in [0.15, 0.2) is 0 Å². The minimum atomic E-state index is 0.0370. The lowest BCUT2D eigenvalue weighted by atomic mass is 9.94. The number of fused-ring (bicyclic) bond motifs is 2. The number of rotatable bonds is 4. The van der Waals surface area contributed by atoms with Gasteiger partial charge in [0.2, 0.25) is 0 Å². The van der Waals surface area contributed by atoms with Crippen molar-refractivity contribution in [3.05, 3.63) is 47.1 Å². The summed E-state index contributed by atoms with van der Waals surface area (Å²) in [5.41, 5.74) is 0.968. The molecule has 1 aromatic heterocycles. The molecule has 2 saturated carbocycles. The lowest BCUT2D eigenvalue weighted by Gasteiger charge is -2.30. The Kier molecular flexibility index (Phi) is 4.56. The van der Waals surface area contributed by atoms with Crippen LogP contribution in [0.4, 0.5) is 0 Å². The molecule has 1 aliphatic heterocycles. The Morgan fingerprint density at radius 3 is 2.68 bits per heavy atom. The first kappa shape index (κ1) is 18.0. The van der Waals surface area contributed by atoms with Crippen LogP contribution in [-0.2, 0) is 4.79 Å². The maximum Gasteiger partial charge on any atom is 0.266 e. The largest absolute Gasteiger partial charge is 0.497 e. The van der Waals surface area contributed by atoms with E-state index in [4.69, 9.17) is 21.4 Å². The van der Waals surface area contributed by atoms with Crippen molar-refractivity contribution in [1.29, 1.82) is 0 Å². The number of thioether (sulfide) groups is 1. The van der Waals surface area contributed by atoms with E-state index in [0.717, 1.165) is 29.4 Å². The highest BCUT2D eigenvalue weighted by Gasteiger charge is 2.47. The number of carbonyl (C=O) groups excluding carboxylic acids is 1. The van der Waals surface area contributed by atoms with Crippen LogP contribution in [0.5, 0.6) is 5.75 Å². The smallest absolute Gasteiger partial charge is 0.266 e. The Hall–Kier alpha value is -2.05. The molecule has 4 nitrogen and oxygen atoms in total. The van der Waals surface area contributed by atoms with Gasteiger partial charge in [0.25, 0.3) is 5.91 Å². The van der Waals surface area contributed by atoms with E-state index in [1.54, 1.807) is 7.11 Å². The van der Waals surface area contributed by atoms with Crippen LogP contribution in [0.1, 0.15) is 31.4 Å². The van der Waals surface area contributed by atoms with Gasteiger partial charge >= 0.3 is 0 Å². The first-order valence-electron chi connectivity index (χ1n) is 9.63. The van der Waals surface area contributed by atoms with E-state index in [2.05, 4.69) is 0 Å². The normalized spacial score (nSPS) is 28.0. The van der Waals surface area contributed by atoms with E-state index >= 15 is 0 Å². The topological polar surface area (TPSA) is 42.7 Å². The van der Waals surface area contributed by atoms with Crippen molar-refractivity contribution in [2.24, 2.45) is 11.8 Å². The van der Waals surface area contributed by atoms with Gasteiger partial charge in [-0.3, -0.25) is 9.69 Å². The van der Waals surface area contributed by atoms with Crippen LogP contribution >= 0.6 is 24.0 Å². The second-order valence-electron chi connectivity index (χ2n) is 7.72. The summed E-state index contributed by atoms with van der Waals surface area (Å²) in [6.45, 7) is 0. The second-order valence-corrected chi connectivity index (χ2v) is 9.40. The van der Waals surface area contributed by atoms with Crippen molar-refractivity contribution in [2.45, 2.75) is 31.7 Å². The molecule has 0 spiro atoms. The summed E-state index contributed by atoms with van der Waals surface area (Å²) in [5.74, 6) is 3.67. The van der Waals surface area contributed by atoms with Crippen LogP contribution < -0.4 is 4.74 Å². The highest BCUT2D eigenvalue weighted by atomic mass is 32.2. The van der Waals surface area contributed by atoms with E-state index in [1.807, 2.05) is 47.4 Å². The van der Waals surface area contributed by atoms with Gasteiger partial charge in [0, 0.05) is 17.7 Å². The van der Waals surface area contributed by atoms with Gasteiger partial charge in [-0.1, -0.05) is 30.4 Å². The van der Waals surface area contributed by atoms with Crippen LogP contribution in [0, 0.1) is 11.8 Å². The Labute approximate surface area is 173 Å². The number of carbonyl (C=O) groups is 1. The first-order chi connectivity index (χ1) is 13.6. The molecule has 1 aromatic carbocycles. The molecule has 1 saturated heterocycles. The van der Waals surface area contributed by atoms with Gasteiger partial charge < -0.3 is 9.15 Å². The van der Waals surface area contributed by atoms with Gasteiger partial charge in [0.05, 0.1) is 12.0 Å². The molecule has 3 unspecified atom stereocenters. The van der Waals surface area contributed by atoms with Gasteiger partial charge in [-0.2, -0.15) is 0 Å². The van der Waals surface area contributed by atoms with E-state index in [-0.39, 0.29) is 5.91 Å². The molecule has 3 aliphatic rings. The zero-order chi connectivity index (χ0) is 19.3. The number of furan rings is 1. The molecule has 6 heteroatoms. The molecule has 5 rings (SSSR count). The van der Waals surface area contributed by atoms with E-state index in [1.165, 1.54) is 31.0 Å². The monoisotopic (exact) mass is 411 g/mol. The third-order valence-electron chi connectivity index (χ3n) is 6.13. The summed E-state index contributed by atoms with van der Waals surface area (Å²) < 4.78 is 11.8. The zero-order valence-corrected chi connectivity index (χ0v) is 17.2. The summed E-state index contributed by atoms with van der Waals surface area (Å²) in [6.07, 6.45) is 6.72. The fourth-order valence-corrected chi connectivity index (χ4v) is 6.12. The zero-order valence-electron chi connectivity index (χ0n) is 15.6. The fraction of sp³-hybridized carbons (Fsp3) is 0.364. The van der Waals surface area contributed by atoms with E-state index in [9.17, 15) is 4.79 Å². The Balaban J connectivity index is 1.35. The third kappa shape index (κ3) is 3.08. The summed E-state index contributed by atoms with van der Waals surface area (Å²) in [7, 11) is 1.65. The second kappa shape index (κ2) is 7.08.